The highest BCUT2D eigenvalue weighted by atomic mass is 19.1. The number of para-hydroxylation sites is 1. The summed E-state index contributed by atoms with van der Waals surface area (Å²) in [6.07, 6.45) is 4.09. The molecular weight excluding hydrogens is 483 g/mol. The lowest BCUT2D eigenvalue weighted by molar-refractivity contribution is -0.117. The fourth-order valence-electron chi connectivity index (χ4n) is 4.36. The van der Waals surface area contributed by atoms with Crippen LogP contribution in [0, 0.1) is 12.8 Å². The molecular formula is C29H23FN6O2. The number of halogens is 1. The van der Waals surface area contributed by atoms with Crippen molar-refractivity contribution < 1.29 is 9.18 Å². The summed E-state index contributed by atoms with van der Waals surface area (Å²) in [5.74, 6) is -0.0475. The number of aryl methyl sites for hydroxylation is 1. The van der Waals surface area contributed by atoms with E-state index in [-0.39, 0.29) is 17.9 Å². The van der Waals surface area contributed by atoms with Gasteiger partial charge in [0.05, 0.1) is 22.9 Å². The maximum absolute atomic E-state index is 13.4. The first-order valence-corrected chi connectivity index (χ1v) is 12.2. The van der Waals surface area contributed by atoms with Crippen molar-refractivity contribution in [3.8, 4) is 22.5 Å². The van der Waals surface area contributed by atoms with Crippen LogP contribution in [0.25, 0.3) is 33.3 Å². The summed E-state index contributed by atoms with van der Waals surface area (Å²) in [6.45, 7) is 1.94. The van der Waals surface area contributed by atoms with Crippen molar-refractivity contribution in [2.45, 2.75) is 19.5 Å². The van der Waals surface area contributed by atoms with E-state index in [0.717, 1.165) is 27.6 Å². The molecule has 8 nitrogen and oxygen atoms in total. The smallest absolute Gasteiger partial charge is 0.257 e. The number of nitrogens with one attached hydrogen (secondary N) is 3. The average molecular weight is 507 g/mol. The Kier molecular flexibility index (Phi) is 5.88. The van der Waals surface area contributed by atoms with E-state index in [1.165, 1.54) is 0 Å². The highest BCUT2D eigenvalue weighted by molar-refractivity contribution is 5.99. The molecule has 5 aromatic rings. The van der Waals surface area contributed by atoms with E-state index in [0.29, 0.717) is 28.6 Å². The molecule has 1 amide bonds. The van der Waals surface area contributed by atoms with Gasteiger partial charge in [-0.2, -0.15) is 0 Å². The monoisotopic (exact) mass is 506 g/mol. The van der Waals surface area contributed by atoms with Crippen molar-refractivity contribution in [3.63, 3.8) is 0 Å². The lowest BCUT2D eigenvalue weighted by atomic mass is 10.0. The first kappa shape index (κ1) is 23.5. The number of nitrogens with zero attached hydrogens (tertiary/aromatic N) is 3. The van der Waals surface area contributed by atoms with Crippen molar-refractivity contribution in [1.29, 1.82) is 0 Å². The number of aromatic nitrogens is 4. The number of carbonyl (C=O) groups excluding carboxylic acids is 1. The molecule has 6 rings (SSSR count). The van der Waals surface area contributed by atoms with E-state index >= 15 is 0 Å². The Morgan fingerprint density at radius 2 is 1.82 bits per heavy atom. The highest BCUT2D eigenvalue weighted by Gasteiger charge is 2.43. The van der Waals surface area contributed by atoms with Crippen LogP contribution >= 0.6 is 0 Å². The second-order valence-electron chi connectivity index (χ2n) is 9.28. The van der Waals surface area contributed by atoms with Gasteiger partial charge in [0.2, 0.25) is 5.91 Å². The maximum atomic E-state index is 13.4. The van der Waals surface area contributed by atoms with E-state index in [1.807, 2.05) is 49.4 Å². The van der Waals surface area contributed by atoms with Crippen LogP contribution in [0.4, 0.5) is 21.7 Å². The van der Waals surface area contributed by atoms with Gasteiger partial charge in [-0.3, -0.25) is 14.6 Å². The minimum absolute atomic E-state index is 0.210. The lowest BCUT2D eigenvalue weighted by Gasteiger charge is -2.14. The standard InChI is InChI=1S/C29H23FN6O2/c1-16-10-24(19-8-5-9-31-28(19)37)32-14-21(16)25-11-17-12-26(36-29(38)20-13-23(20)30)33-15-22(17)27(35-25)34-18-6-3-2-4-7-18/h2-12,14-15,20,23H,13H2,1H3,(H,31,37)(H,34,35)(H,33,36,38). The lowest BCUT2D eigenvalue weighted by Crippen LogP contribution is -2.15. The molecule has 0 spiro atoms. The molecule has 9 heteroatoms. The van der Waals surface area contributed by atoms with Crippen LogP contribution in [-0.2, 0) is 4.79 Å². The zero-order chi connectivity index (χ0) is 26.2. The van der Waals surface area contributed by atoms with Crippen LogP contribution in [-0.4, -0.2) is 32.0 Å². The molecule has 0 aliphatic heterocycles. The maximum Gasteiger partial charge on any atom is 0.257 e. The van der Waals surface area contributed by atoms with E-state index in [1.54, 1.807) is 36.8 Å². The van der Waals surface area contributed by atoms with Crippen LogP contribution in [0.2, 0.25) is 0 Å². The number of rotatable bonds is 6. The highest BCUT2D eigenvalue weighted by Crippen LogP contribution is 2.36. The van der Waals surface area contributed by atoms with Crippen LogP contribution in [0.15, 0.2) is 84.0 Å². The molecule has 1 aliphatic carbocycles. The summed E-state index contributed by atoms with van der Waals surface area (Å²) in [6, 6.07) is 18.7. The zero-order valence-corrected chi connectivity index (χ0v) is 20.4. The average Bonchev–Trinajstić information content (AvgIpc) is 3.66. The van der Waals surface area contributed by atoms with Crippen molar-refractivity contribution in [2.24, 2.45) is 5.92 Å². The van der Waals surface area contributed by atoms with Gasteiger partial charge < -0.3 is 15.6 Å². The van der Waals surface area contributed by atoms with E-state index < -0.39 is 12.1 Å². The third kappa shape index (κ3) is 4.61. The van der Waals surface area contributed by atoms with Crippen molar-refractivity contribution >= 4 is 34.0 Å². The van der Waals surface area contributed by atoms with Crippen molar-refractivity contribution in [2.75, 3.05) is 10.6 Å². The van der Waals surface area contributed by atoms with Crippen LogP contribution < -0.4 is 16.2 Å². The molecule has 2 unspecified atom stereocenters. The van der Waals surface area contributed by atoms with Crippen LogP contribution in [0.5, 0.6) is 0 Å². The molecule has 1 saturated carbocycles. The SMILES string of the molecule is Cc1cc(-c2ccc[nH]c2=O)ncc1-c1cc2cc(NC(=O)C3CC3F)ncc2c(Nc2ccccc2)n1. The number of carbonyl (C=O) groups is 1. The number of aromatic amines is 1. The van der Waals surface area contributed by atoms with Crippen molar-refractivity contribution in [3.05, 3.63) is 95.2 Å². The third-order valence-electron chi connectivity index (χ3n) is 6.53. The molecule has 0 radical (unpaired) electrons. The Bertz CT molecular complexity index is 1740. The fourth-order valence-corrected chi connectivity index (χ4v) is 4.36. The Balaban J connectivity index is 1.43. The zero-order valence-electron chi connectivity index (χ0n) is 20.4. The van der Waals surface area contributed by atoms with Gasteiger partial charge in [-0.05, 0) is 66.8 Å². The Morgan fingerprint density at radius 1 is 1.00 bits per heavy atom. The largest absolute Gasteiger partial charge is 0.340 e. The van der Waals surface area contributed by atoms with Gasteiger partial charge >= 0.3 is 0 Å². The Morgan fingerprint density at radius 3 is 2.55 bits per heavy atom. The number of amides is 1. The Hall–Kier alpha value is -4.92. The molecule has 1 aliphatic rings. The van der Waals surface area contributed by atoms with Crippen LogP contribution in [0.1, 0.15) is 12.0 Å². The van der Waals surface area contributed by atoms with Crippen molar-refractivity contribution in [1.82, 2.24) is 19.9 Å². The molecule has 188 valence electrons. The molecule has 3 N–H and O–H groups in total. The van der Waals surface area contributed by atoms with Gasteiger partial charge in [-0.25, -0.2) is 14.4 Å². The summed E-state index contributed by atoms with van der Waals surface area (Å²) >= 11 is 0. The first-order valence-electron chi connectivity index (χ1n) is 12.2. The normalized spacial score (nSPS) is 16.3. The van der Waals surface area contributed by atoms with Gasteiger partial charge in [0, 0.05) is 35.2 Å². The molecule has 2 atom stereocenters. The number of benzene rings is 1. The predicted octanol–water partition coefficient (Wildman–Crippen LogP) is 5.40. The molecule has 1 fully saturated rings. The predicted molar refractivity (Wildman–Crippen MR) is 145 cm³/mol. The molecule has 0 saturated heterocycles. The number of H-pyrrole nitrogens is 1. The van der Waals surface area contributed by atoms with Crippen LogP contribution in [0.3, 0.4) is 0 Å². The first-order chi connectivity index (χ1) is 18.5. The second kappa shape index (κ2) is 9.51. The molecule has 4 heterocycles. The summed E-state index contributed by atoms with van der Waals surface area (Å²) in [5, 5.41) is 7.62. The quantitative estimate of drug-likeness (QED) is 0.284. The van der Waals surface area contributed by atoms with Gasteiger partial charge in [0.1, 0.15) is 17.8 Å². The Labute approximate surface area is 217 Å². The number of fused-ring (bicyclic) bond motifs is 1. The molecule has 38 heavy (non-hydrogen) atoms. The minimum atomic E-state index is -1.09. The number of hydrogen-bond acceptors (Lipinski definition) is 6. The third-order valence-corrected chi connectivity index (χ3v) is 6.53. The molecule has 4 aromatic heterocycles. The molecule has 0 bridgehead atoms. The summed E-state index contributed by atoms with van der Waals surface area (Å²) in [7, 11) is 0. The number of anilines is 3. The number of hydrogen-bond donors (Lipinski definition) is 3. The second-order valence-corrected chi connectivity index (χ2v) is 9.28. The number of alkyl halides is 1. The van der Waals surface area contributed by atoms with Gasteiger partial charge in [-0.15, -0.1) is 0 Å². The summed E-state index contributed by atoms with van der Waals surface area (Å²) in [5.41, 5.74) is 4.03. The summed E-state index contributed by atoms with van der Waals surface area (Å²) in [4.78, 5) is 41.0. The fraction of sp³-hybridized carbons (Fsp3) is 0.138. The van der Waals surface area contributed by atoms with E-state index in [4.69, 9.17) is 4.98 Å². The minimum Gasteiger partial charge on any atom is -0.340 e. The van der Waals surface area contributed by atoms with Gasteiger partial charge in [0.15, 0.2) is 0 Å². The summed E-state index contributed by atoms with van der Waals surface area (Å²) < 4.78 is 13.4. The topological polar surface area (TPSA) is 113 Å². The van der Waals surface area contributed by atoms with Gasteiger partial charge in [-0.1, -0.05) is 18.2 Å². The van der Waals surface area contributed by atoms with Gasteiger partial charge in [0.25, 0.3) is 5.56 Å². The van der Waals surface area contributed by atoms with E-state index in [2.05, 4.69) is 25.6 Å². The number of pyridine rings is 4. The van der Waals surface area contributed by atoms with E-state index in [9.17, 15) is 14.0 Å². The molecule has 1 aromatic carbocycles.